The predicted octanol–water partition coefficient (Wildman–Crippen LogP) is 4.59. The molecule has 0 fully saturated rings. The molecule has 0 aliphatic carbocycles. The van der Waals surface area contributed by atoms with Crippen LogP contribution in [-0.2, 0) is 6.18 Å². The summed E-state index contributed by atoms with van der Waals surface area (Å²) in [4.78, 5) is 11.1. The maximum absolute atomic E-state index is 13.0. The Morgan fingerprint density at radius 3 is 2.32 bits per heavy atom. The van der Waals surface area contributed by atoms with Crippen LogP contribution in [0.3, 0.4) is 0 Å². The standard InChI is InChI=1S/C15H11F4NO2/c1-8-6-10(16)3-5-12(8)20-13-7-9(15(17,18)19)2-4-11(13)14(21)22/h2-7,20H,1H3,(H,21,22). The van der Waals surface area contributed by atoms with Crippen molar-refractivity contribution in [1.82, 2.24) is 0 Å². The number of hydrogen-bond acceptors (Lipinski definition) is 2. The van der Waals surface area contributed by atoms with Crippen molar-refractivity contribution < 1.29 is 27.5 Å². The lowest BCUT2D eigenvalue weighted by Crippen LogP contribution is -2.09. The van der Waals surface area contributed by atoms with Crippen LogP contribution in [0.5, 0.6) is 0 Å². The van der Waals surface area contributed by atoms with Crippen LogP contribution < -0.4 is 5.32 Å². The molecule has 7 heteroatoms. The van der Waals surface area contributed by atoms with E-state index in [4.69, 9.17) is 5.11 Å². The number of carboxylic acid groups (broad SMARTS) is 1. The highest BCUT2D eigenvalue weighted by molar-refractivity contribution is 5.95. The van der Waals surface area contributed by atoms with Crippen molar-refractivity contribution in [3.8, 4) is 0 Å². The van der Waals surface area contributed by atoms with Crippen LogP contribution >= 0.6 is 0 Å². The molecule has 2 aromatic carbocycles. The molecule has 2 rings (SSSR count). The third kappa shape index (κ3) is 3.36. The van der Waals surface area contributed by atoms with E-state index >= 15 is 0 Å². The molecule has 0 bridgehead atoms. The van der Waals surface area contributed by atoms with Gasteiger partial charge in [0, 0.05) is 5.69 Å². The first kappa shape index (κ1) is 15.8. The summed E-state index contributed by atoms with van der Waals surface area (Å²) in [7, 11) is 0. The second-order valence-corrected chi connectivity index (χ2v) is 4.65. The van der Waals surface area contributed by atoms with Gasteiger partial charge in [-0.05, 0) is 48.9 Å². The average molecular weight is 313 g/mol. The molecule has 3 nitrogen and oxygen atoms in total. The van der Waals surface area contributed by atoms with Gasteiger partial charge in [-0.3, -0.25) is 0 Å². The average Bonchev–Trinajstić information content (AvgIpc) is 2.40. The van der Waals surface area contributed by atoms with Gasteiger partial charge in [0.1, 0.15) is 5.82 Å². The Kier molecular flexibility index (Phi) is 4.07. The summed E-state index contributed by atoms with van der Waals surface area (Å²) in [6.07, 6.45) is -4.59. The minimum absolute atomic E-state index is 0.211. The Hall–Kier alpha value is -2.57. The van der Waals surface area contributed by atoms with E-state index in [0.29, 0.717) is 23.4 Å². The lowest BCUT2D eigenvalue weighted by Gasteiger charge is -2.15. The number of alkyl halides is 3. The summed E-state index contributed by atoms with van der Waals surface area (Å²) in [6.45, 7) is 1.56. The summed E-state index contributed by atoms with van der Waals surface area (Å²) >= 11 is 0. The van der Waals surface area contributed by atoms with E-state index in [0.717, 1.165) is 12.1 Å². The fourth-order valence-electron chi connectivity index (χ4n) is 1.92. The quantitative estimate of drug-likeness (QED) is 0.815. The van der Waals surface area contributed by atoms with Gasteiger partial charge in [-0.25, -0.2) is 9.18 Å². The minimum atomic E-state index is -4.59. The Morgan fingerprint density at radius 2 is 1.77 bits per heavy atom. The number of rotatable bonds is 3. The molecule has 2 aromatic rings. The molecule has 116 valence electrons. The summed E-state index contributed by atoms with van der Waals surface area (Å²) < 4.78 is 51.3. The summed E-state index contributed by atoms with van der Waals surface area (Å²) in [6, 6.07) is 5.95. The Bertz CT molecular complexity index is 726. The van der Waals surface area contributed by atoms with Crippen LogP contribution in [0.15, 0.2) is 36.4 Å². The molecule has 0 aliphatic heterocycles. The fraction of sp³-hybridized carbons (Fsp3) is 0.133. The van der Waals surface area contributed by atoms with Crippen molar-refractivity contribution in [2.45, 2.75) is 13.1 Å². The van der Waals surface area contributed by atoms with Gasteiger partial charge in [0.25, 0.3) is 0 Å². The van der Waals surface area contributed by atoms with Crippen molar-refractivity contribution in [3.05, 3.63) is 58.9 Å². The molecule has 0 saturated carbocycles. The molecule has 0 aliphatic rings. The largest absolute Gasteiger partial charge is 0.478 e. The number of nitrogens with one attached hydrogen (secondary N) is 1. The van der Waals surface area contributed by atoms with Crippen LogP contribution in [-0.4, -0.2) is 11.1 Å². The van der Waals surface area contributed by atoms with Crippen LogP contribution in [0.4, 0.5) is 28.9 Å². The highest BCUT2D eigenvalue weighted by Gasteiger charge is 2.31. The molecular formula is C15H11F4NO2. The number of benzene rings is 2. The minimum Gasteiger partial charge on any atom is -0.478 e. The number of halogens is 4. The van der Waals surface area contributed by atoms with E-state index < -0.39 is 23.5 Å². The molecule has 22 heavy (non-hydrogen) atoms. The van der Waals surface area contributed by atoms with Gasteiger partial charge in [0.15, 0.2) is 0 Å². The number of carbonyl (C=O) groups is 1. The number of hydrogen-bond donors (Lipinski definition) is 2. The molecule has 0 atom stereocenters. The zero-order chi connectivity index (χ0) is 16.5. The number of aryl methyl sites for hydroxylation is 1. The van der Waals surface area contributed by atoms with E-state index in [1.807, 2.05) is 0 Å². The smallest absolute Gasteiger partial charge is 0.416 e. The van der Waals surface area contributed by atoms with E-state index in [-0.39, 0.29) is 11.3 Å². The highest BCUT2D eigenvalue weighted by atomic mass is 19.4. The Morgan fingerprint density at radius 1 is 1.09 bits per heavy atom. The van der Waals surface area contributed by atoms with Gasteiger partial charge in [0.05, 0.1) is 16.8 Å². The monoisotopic (exact) mass is 313 g/mol. The van der Waals surface area contributed by atoms with Crippen LogP contribution in [0.2, 0.25) is 0 Å². The lowest BCUT2D eigenvalue weighted by atomic mass is 10.1. The molecular weight excluding hydrogens is 302 g/mol. The number of anilines is 2. The highest BCUT2D eigenvalue weighted by Crippen LogP contribution is 2.33. The fourth-order valence-corrected chi connectivity index (χ4v) is 1.92. The first-order valence-electron chi connectivity index (χ1n) is 6.16. The normalized spacial score (nSPS) is 11.3. The van der Waals surface area contributed by atoms with Crippen molar-refractivity contribution in [2.24, 2.45) is 0 Å². The lowest BCUT2D eigenvalue weighted by molar-refractivity contribution is -0.137. The molecule has 0 spiro atoms. The van der Waals surface area contributed by atoms with E-state index in [1.54, 1.807) is 6.92 Å². The van der Waals surface area contributed by atoms with E-state index in [1.165, 1.54) is 12.1 Å². The van der Waals surface area contributed by atoms with Gasteiger partial charge in [0.2, 0.25) is 0 Å². The first-order valence-corrected chi connectivity index (χ1v) is 6.16. The number of aromatic carboxylic acids is 1. The molecule has 2 N–H and O–H groups in total. The predicted molar refractivity (Wildman–Crippen MR) is 72.8 cm³/mol. The van der Waals surface area contributed by atoms with Gasteiger partial charge in [-0.1, -0.05) is 0 Å². The van der Waals surface area contributed by atoms with Crippen molar-refractivity contribution in [1.29, 1.82) is 0 Å². The Labute approximate surface area is 123 Å². The van der Waals surface area contributed by atoms with E-state index in [2.05, 4.69) is 5.32 Å². The molecule has 0 amide bonds. The zero-order valence-electron chi connectivity index (χ0n) is 11.3. The third-order valence-electron chi connectivity index (χ3n) is 3.04. The number of carboxylic acids is 1. The van der Waals surface area contributed by atoms with Crippen LogP contribution in [0, 0.1) is 12.7 Å². The third-order valence-corrected chi connectivity index (χ3v) is 3.04. The SMILES string of the molecule is Cc1cc(F)ccc1Nc1cc(C(F)(F)F)ccc1C(=O)O. The second kappa shape index (κ2) is 5.67. The zero-order valence-corrected chi connectivity index (χ0v) is 11.3. The summed E-state index contributed by atoms with van der Waals surface area (Å²) in [5.41, 5.74) is -0.731. The van der Waals surface area contributed by atoms with E-state index in [9.17, 15) is 22.4 Å². The first-order chi connectivity index (χ1) is 10.2. The Balaban J connectivity index is 2.49. The van der Waals surface area contributed by atoms with Crippen LogP contribution in [0.1, 0.15) is 21.5 Å². The summed E-state index contributed by atoms with van der Waals surface area (Å²) in [5, 5.41) is 11.7. The topological polar surface area (TPSA) is 49.3 Å². The van der Waals surface area contributed by atoms with Crippen LogP contribution in [0.25, 0.3) is 0 Å². The van der Waals surface area contributed by atoms with Gasteiger partial charge < -0.3 is 10.4 Å². The van der Waals surface area contributed by atoms with Crippen molar-refractivity contribution in [3.63, 3.8) is 0 Å². The second-order valence-electron chi connectivity index (χ2n) is 4.65. The maximum Gasteiger partial charge on any atom is 0.416 e. The molecule has 0 radical (unpaired) electrons. The van der Waals surface area contributed by atoms with Crippen molar-refractivity contribution in [2.75, 3.05) is 5.32 Å². The van der Waals surface area contributed by atoms with Gasteiger partial charge in [-0.2, -0.15) is 13.2 Å². The molecule has 0 heterocycles. The summed E-state index contributed by atoms with van der Waals surface area (Å²) in [5.74, 6) is -1.86. The molecule has 0 saturated heterocycles. The van der Waals surface area contributed by atoms with Gasteiger partial charge >= 0.3 is 12.1 Å². The molecule has 0 unspecified atom stereocenters. The maximum atomic E-state index is 13.0. The van der Waals surface area contributed by atoms with Crippen molar-refractivity contribution >= 4 is 17.3 Å². The van der Waals surface area contributed by atoms with Gasteiger partial charge in [-0.15, -0.1) is 0 Å². The molecule has 0 aromatic heterocycles.